The molecule has 0 radical (unpaired) electrons. The number of fused-ring (bicyclic) bond motifs is 2. The predicted octanol–water partition coefficient (Wildman–Crippen LogP) is 3.83. The van der Waals surface area contributed by atoms with Crippen LogP contribution >= 0.6 is 0 Å². The molecule has 2 aromatic rings. The van der Waals surface area contributed by atoms with Crippen LogP contribution in [0.4, 0.5) is 0 Å². The molecule has 2 aromatic carbocycles. The largest absolute Gasteiger partial charge is 0.489 e. The molecule has 0 bridgehead atoms. The van der Waals surface area contributed by atoms with Gasteiger partial charge in [-0.3, -0.25) is 0 Å². The minimum atomic E-state index is 0.264. The number of benzene rings is 2. The maximum Gasteiger partial charge on any atom is 0.123 e. The summed E-state index contributed by atoms with van der Waals surface area (Å²) in [6.45, 7) is 1.59. The number of allylic oxidation sites excluding steroid dienone is 1. The first-order valence-electron chi connectivity index (χ1n) is 7.36. The van der Waals surface area contributed by atoms with Crippen molar-refractivity contribution in [2.45, 2.75) is 12.5 Å². The Morgan fingerprint density at radius 3 is 2.57 bits per heavy atom. The minimum Gasteiger partial charge on any atom is -0.489 e. The second-order valence-electron chi connectivity index (χ2n) is 5.69. The van der Waals surface area contributed by atoms with Crippen molar-refractivity contribution in [2.24, 2.45) is 0 Å². The van der Waals surface area contributed by atoms with Crippen LogP contribution in [-0.4, -0.2) is 25.5 Å². The first kappa shape index (κ1) is 13.9. The highest BCUT2D eigenvalue weighted by atomic mass is 16.5. The third kappa shape index (κ3) is 3.01. The van der Waals surface area contributed by atoms with Gasteiger partial charge in [-0.25, -0.2) is 0 Å². The summed E-state index contributed by atoms with van der Waals surface area (Å²) in [6.07, 6.45) is 4.54. The molecule has 0 N–H and O–H groups in total. The zero-order valence-corrected chi connectivity index (χ0v) is 12.6. The molecule has 3 rings (SSSR count). The van der Waals surface area contributed by atoms with Gasteiger partial charge in [-0.15, -0.1) is 0 Å². The topological polar surface area (TPSA) is 12.5 Å². The summed E-state index contributed by atoms with van der Waals surface area (Å²) >= 11 is 0. The Bertz CT molecular complexity index is 598. The quantitative estimate of drug-likeness (QED) is 0.792. The van der Waals surface area contributed by atoms with Crippen LogP contribution in [0.3, 0.4) is 0 Å². The molecule has 1 aliphatic rings. The zero-order valence-electron chi connectivity index (χ0n) is 12.6. The summed E-state index contributed by atoms with van der Waals surface area (Å²) < 4.78 is 5.99. The van der Waals surface area contributed by atoms with Crippen molar-refractivity contribution < 1.29 is 4.74 Å². The lowest BCUT2D eigenvalue weighted by Gasteiger charge is -2.15. The van der Waals surface area contributed by atoms with E-state index in [1.54, 1.807) is 0 Å². The van der Waals surface area contributed by atoms with Crippen LogP contribution in [-0.2, 0) is 6.61 Å². The summed E-state index contributed by atoms with van der Waals surface area (Å²) in [5.74, 6) is 1.26. The van der Waals surface area contributed by atoms with E-state index in [-0.39, 0.29) is 5.92 Å². The van der Waals surface area contributed by atoms with E-state index in [9.17, 15) is 0 Å². The summed E-state index contributed by atoms with van der Waals surface area (Å²) in [5.41, 5.74) is 3.86. The van der Waals surface area contributed by atoms with Gasteiger partial charge in [0, 0.05) is 18.0 Å². The molecular formula is C19H21NO. The molecular weight excluding hydrogens is 258 g/mol. The van der Waals surface area contributed by atoms with Crippen LogP contribution < -0.4 is 4.74 Å². The Morgan fingerprint density at radius 2 is 1.76 bits per heavy atom. The van der Waals surface area contributed by atoms with Gasteiger partial charge in [-0.2, -0.15) is 0 Å². The number of ether oxygens (including phenoxy) is 1. The summed E-state index contributed by atoms with van der Waals surface area (Å²) in [4.78, 5) is 2.17. The van der Waals surface area contributed by atoms with Crippen molar-refractivity contribution in [3.8, 4) is 5.75 Å². The van der Waals surface area contributed by atoms with Gasteiger partial charge in [-0.1, -0.05) is 54.6 Å². The molecule has 1 unspecified atom stereocenters. The van der Waals surface area contributed by atoms with E-state index in [0.29, 0.717) is 6.61 Å². The highest BCUT2D eigenvalue weighted by Crippen LogP contribution is 2.37. The van der Waals surface area contributed by atoms with E-state index < -0.39 is 0 Å². The summed E-state index contributed by atoms with van der Waals surface area (Å²) in [5, 5.41) is 0. The fourth-order valence-electron chi connectivity index (χ4n) is 2.78. The first-order valence-corrected chi connectivity index (χ1v) is 7.36. The summed E-state index contributed by atoms with van der Waals surface area (Å²) in [6, 6.07) is 16.9. The third-order valence-corrected chi connectivity index (χ3v) is 3.83. The van der Waals surface area contributed by atoms with Crippen molar-refractivity contribution in [1.29, 1.82) is 0 Å². The van der Waals surface area contributed by atoms with Crippen LogP contribution in [0.2, 0.25) is 0 Å². The average molecular weight is 279 g/mol. The van der Waals surface area contributed by atoms with Crippen molar-refractivity contribution in [1.82, 2.24) is 4.90 Å². The molecule has 0 aromatic heterocycles. The van der Waals surface area contributed by atoms with Crippen molar-refractivity contribution in [3.63, 3.8) is 0 Å². The van der Waals surface area contributed by atoms with Crippen LogP contribution in [0.5, 0.6) is 5.75 Å². The molecule has 0 aliphatic carbocycles. The monoisotopic (exact) mass is 279 g/mol. The highest BCUT2D eigenvalue weighted by Gasteiger charge is 2.21. The van der Waals surface area contributed by atoms with Crippen LogP contribution in [0.15, 0.2) is 60.7 Å². The molecule has 0 spiro atoms. The number of hydrogen-bond donors (Lipinski definition) is 0. The number of nitrogens with zero attached hydrogens (tertiary/aromatic N) is 1. The van der Waals surface area contributed by atoms with Crippen molar-refractivity contribution >= 4 is 0 Å². The van der Waals surface area contributed by atoms with Gasteiger partial charge in [0.25, 0.3) is 0 Å². The average Bonchev–Trinajstić information content (AvgIpc) is 2.65. The Kier molecular flexibility index (Phi) is 4.07. The number of likely N-dealkylation sites (N-methyl/N-ethyl adjacent to an activating group) is 1. The normalized spacial score (nSPS) is 17.2. The van der Waals surface area contributed by atoms with E-state index in [1.165, 1.54) is 16.7 Å². The molecule has 0 saturated heterocycles. The SMILES string of the molecule is CN(C)C/C=C\C1c2ccccc2COc2ccccc21. The lowest BCUT2D eigenvalue weighted by atomic mass is 9.88. The fraction of sp³-hybridized carbons (Fsp3) is 0.263. The molecule has 21 heavy (non-hydrogen) atoms. The Morgan fingerprint density at radius 1 is 1.05 bits per heavy atom. The van der Waals surface area contributed by atoms with Gasteiger partial charge in [-0.05, 0) is 31.3 Å². The van der Waals surface area contributed by atoms with Gasteiger partial charge in [0.05, 0.1) is 0 Å². The Hall–Kier alpha value is -2.06. The molecule has 108 valence electrons. The Labute approximate surface area is 126 Å². The fourth-order valence-corrected chi connectivity index (χ4v) is 2.78. The van der Waals surface area contributed by atoms with Crippen molar-refractivity contribution in [3.05, 3.63) is 77.4 Å². The summed E-state index contributed by atoms with van der Waals surface area (Å²) in [7, 11) is 4.17. The van der Waals surface area contributed by atoms with Gasteiger partial charge in [0.2, 0.25) is 0 Å². The molecule has 0 saturated carbocycles. The highest BCUT2D eigenvalue weighted by molar-refractivity contribution is 5.49. The van der Waals surface area contributed by atoms with E-state index >= 15 is 0 Å². The molecule has 0 fully saturated rings. The number of rotatable bonds is 3. The second kappa shape index (κ2) is 6.15. The van der Waals surface area contributed by atoms with Gasteiger partial charge >= 0.3 is 0 Å². The minimum absolute atomic E-state index is 0.264. The van der Waals surface area contributed by atoms with E-state index in [0.717, 1.165) is 12.3 Å². The third-order valence-electron chi connectivity index (χ3n) is 3.83. The first-order chi connectivity index (χ1) is 10.3. The molecule has 2 nitrogen and oxygen atoms in total. The standard InChI is InChI=1S/C19H21NO/c1-20(2)13-7-11-17-16-9-4-3-8-15(16)14-21-19-12-6-5-10-18(17)19/h3-12,17H,13-14H2,1-2H3/b11-7-. The Balaban J connectivity index is 2.04. The van der Waals surface area contributed by atoms with Gasteiger partial charge < -0.3 is 9.64 Å². The number of para-hydroxylation sites is 1. The van der Waals surface area contributed by atoms with E-state index in [4.69, 9.17) is 4.74 Å². The molecule has 1 atom stereocenters. The zero-order chi connectivity index (χ0) is 14.7. The van der Waals surface area contributed by atoms with Crippen LogP contribution in [0.25, 0.3) is 0 Å². The van der Waals surface area contributed by atoms with E-state index in [2.05, 4.69) is 73.6 Å². The van der Waals surface area contributed by atoms with Crippen molar-refractivity contribution in [2.75, 3.05) is 20.6 Å². The molecule has 0 amide bonds. The van der Waals surface area contributed by atoms with Gasteiger partial charge in [0.15, 0.2) is 0 Å². The van der Waals surface area contributed by atoms with Gasteiger partial charge in [0.1, 0.15) is 12.4 Å². The number of hydrogen-bond acceptors (Lipinski definition) is 2. The molecule has 2 heteroatoms. The predicted molar refractivity (Wildman–Crippen MR) is 86.8 cm³/mol. The lowest BCUT2D eigenvalue weighted by molar-refractivity contribution is 0.307. The smallest absolute Gasteiger partial charge is 0.123 e. The van der Waals surface area contributed by atoms with Crippen LogP contribution in [0, 0.1) is 0 Å². The van der Waals surface area contributed by atoms with Crippen LogP contribution in [0.1, 0.15) is 22.6 Å². The molecule has 1 heterocycles. The second-order valence-corrected chi connectivity index (χ2v) is 5.69. The molecule has 1 aliphatic heterocycles. The maximum absolute atomic E-state index is 5.99. The van der Waals surface area contributed by atoms with E-state index in [1.807, 2.05) is 6.07 Å². The maximum atomic E-state index is 5.99. The lowest BCUT2D eigenvalue weighted by Crippen LogP contribution is -2.11.